The second-order valence-electron chi connectivity index (χ2n) is 4.24. The largest absolute Gasteiger partial charge is 0.383 e. The van der Waals surface area contributed by atoms with Gasteiger partial charge in [-0.15, -0.1) is 0 Å². The first-order valence-corrected chi connectivity index (χ1v) is 6.09. The SMILES string of the molecule is CCN(Cc1ccncc1)C(=O)c1cnn(C)c1N. The Labute approximate surface area is 111 Å². The molecule has 0 saturated carbocycles. The third-order valence-corrected chi connectivity index (χ3v) is 3.01. The molecule has 2 heterocycles. The molecule has 0 aromatic carbocycles. The molecule has 2 aromatic rings. The third kappa shape index (κ3) is 2.73. The first-order valence-electron chi connectivity index (χ1n) is 6.09. The first kappa shape index (κ1) is 13.1. The summed E-state index contributed by atoms with van der Waals surface area (Å²) < 4.78 is 1.49. The molecule has 0 fully saturated rings. The monoisotopic (exact) mass is 259 g/mol. The maximum atomic E-state index is 12.4. The van der Waals surface area contributed by atoms with Crippen LogP contribution in [-0.2, 0) is 13.6 Å². The molecule has 0 unspecified atom stereocenters. The lowest BCUT2D eigenvalue weighted by Crippen LogP contribution is -2.30. The Hall–Kier alpha value is -2.37. The fraction of sp³-hybridized carbons (Fsp3) is 0.308. The molecule has 2 N–H and O–H groups in total. The van der Waals surface area contributed by atoms with Gasteiger partial charge >= 0.3 is 0 Å². The molecule has 0 aliphatic heterocycles. The number of pyridine rings is 1. The minimum Gasteiger partial charge on any atom is -0.383 e. The average molecular weight is 259 g/mol. The van der Waals surface area contributed by atoms with Crippen molar-refractivity contribution in [2.45, 2.75) is 13.5 Å². The number of carbonyl (C=O) groups is 1. The number of hydrogen-bond donors (Lipinski definition) is 1. The van der Waals surface area contributed by atoms with Gasteiger partial charge in [-0.05, 0) is 24.6 Å². The van der Waals surface area contributed by atoms with Crippen molar-refractivity contribution in [1.82, 2.24) is 19.7 Å². The molecule has 0 spiro atoms. The van der Waals surface area contributed by atoms with Crippen LogP contribution in [0.25, 0.3) is 0 Å². The minimum absolute atomic E-state index is 0.107. The minimum atomic E-state index is -0.107. The Bertz CT molecular complexity index is 564. The van der Waals surface area contributed by atoms with Crippen molar-refractivity contribution in [3.63, 3.8) is 0 Å². The molecule has 0 aliphatic carbocycles. The van der Waals surface area contributed by atoms with Crippen LogP contribution in [0.2, 0.25) is 0 Å². The van der Waals surface area contributed by atoms with Gasteiger partial charge in [-0.25, -0.2) is 0 Å². The van der Waals surface area contributed by atoms with Crippen LogP contribution in [0.4, 0.5) is 5.82 Å². The van der Waals surface area contributed by atoms with Crippen molar-refractivity contribution < 1.29 is 4.79 Å². The molecule has 2 rings (SSSR count). The normalized spacial score (nSPS) is 10.4. The standard InChI is InChI=1S/C13H17N5O/c1-3-18(9-10-4-6-15-7-5-10)13(19)11-8-16-17(2)12(11)14/h4-8H,3,9,14H2,1-2H3. The number of carbonyl (C=O) groups excluding carboxylic acids is 1. The number of hydrogen-bond acceptors (Lipinski definition) is 4. The van der Waals surface area contributed by atoms with Crippen molar-refractivity contribution in [3.8, 4) is 0 Å². The zero-order chi connectivity index (χ0) is 13.8. The van der Waals surface area contributed by atoms with E-state index in [0.29, 0.717) is 24.5 Å². The van der Waals surface area contributed by atoms with Crippen molar-refractivity contribution in [1.29, 1.82) is 0 Å². The van der Waals surface area contributed by atoms with Crippen molar-refractivity contribution >= 4 is 11.7 Å². The Morgan fingerprint density at radius 3 is 2.63 bits per heavy atom. The van der Waals surface area contributed by atoms with Crippen LogP contribution in [0.15, 0.2) is 30.7 Å². The van der Waals surface area contributed by atoms with E-state index in [9.17, 15) is 4.79 Å². The molecular formula is C13H17N5O. The number of nitrogens with two attached hydrogens (primary N) is 1. The molecule has 6 nitrogen and oxygen atoms in total. The predicted molar refractivity (Wildman–Crippen MR) is 72.3 cm³/mol. The average Bonchev–Trinajstić information content (AvgIpc) is 2.77. The van der Waals surface area contributed by atoms with Gasteiger partial charge in [-0.2, -0.15) is 5.10 Å². The van der Waals surface area contributed by atoms with Gasteiger partial charge in [0.05, 0.1) is 6.20 Å². The van der Waals surface area contributed by atoms with E-state index >= 15 is 0 Å². The van der Waals surface area contributed by atoms with E-state index in [2.05, 4.69) is 10.1 Å². The van der Waals surface area contributed by atoms with Gasteiger partial charge < -0.3 is 10.6 Å². The van der Waals surface area contributed by atoms with Crippen molar-refractivity contribution in [3.05, 3.63) is 41.9 Å². The molecule has 0 aliphatic rings. The lowest BCUT2D eigenvalue weighted by atomic mass is 10.2. The number of anilines is 1. The summed E-state index contributed by atoms with van der Waals surface area (Å²) in [6, 6.07) is 3.78. The summed E-state index contributed by atoms with van der Waals surface area (Å²) in [5.74, 6) is 0.281. The van der Waals surface area contributed by atoms with Gasteiger partial charge in [-0.1, -0.05) is 0 Å². The number of aryl methyl sites for hydroxylation is 1. The van der Waals surface area contributed by atoms with E-state index in [1.54, 1.807) is 24.3 Å². The maximum absolute atomic E-state index is 12.4. The van der Waals surface area contributed by atoms with E-state index in [0.717, 1.165) is 5.56 Å². The summed E-state index contributed by atoms with van der Waals surface area (Å²) in [6.45, 7) is 3.08. The molecular weight excluding hydrogens is 242 g/mol. The van der Waals surface area contributed by atoms with Gasteiger partial charge in [-0.3, -0.25) is 14.5 Å². The first-order chi connectivity index (χ1) is 9.13. The van der Waals surface area contributed by atoms with Gasteiger partial charge in [0.2, 0.25) is 0 Å². The number of nitrogens with zero attached hydrogens (tertiary/aromatic N) is 4. The molecule has 0 bridgehead atoms. The summed E-state index contributed by atoms with van der Waals surface area (Å²) in [4.78, 5) is 18.1. The Kier molecular flexibility index (Phi) is 3.79. The van der Waals surface area contributed by atoms with Gasteiger partial charge in [0.15, 0.2) is 0 Å². The molecule has 6 heteroatoms. The van der Waals surface area contributed by atoms with E-state index in [1.807, 2.05) is 19.1 Å². The number of nitrogen functional groups attached to an aromatic ring is 1. The van der Waals surface area contributed by atoms with E-state index in [1.165, 1.54) is 10.9 Å². The molecule has 2 aromatic heterocycles. The predicted octanol–water partition coefficient (Wildman–Crippen LogP) is 1.06. The topological polar surface area (TPSA) is 77.0 Å². The summed E-state index contributed by atoms with van der Waals surface area (Å²) in [5, 5.41) is 4.00. The van der Waals surface area contributed by atoms with Crippen molar-refractivity contribution in [2.24, 2.45) is 7.05 Å². The Morgan fingerprint density at radius 1 is 1.42 bits per heavy atom. The van der Waals surface area contributed by atoms with Crippen LogP contribution in [0.1, 0.15) is 22.8 Å². The number of aromatic nitrogens is 3. The highest BCUT2D eigenvalue weighted by Gasteiger charge is 2.19. The van der Waals surface area contributed by atoms with Gasteiger partial charge in [0.1, 0.15) is 11.4 Å². The van der Waals surface area contributed by atoms with Crippen LogP contribution in [0.3, 0.4) is 0 Å². The highest BCUT2D eigenvalue weighted by Crippen LogP contribution is 2.14. The van der Waals surface area contributed by atoms with Crippen molar-refractivity contribution in [2.75, 3.05) is 12.3 Å². The fourth-order valence-electron chi connectivity index (χ4n) is 1.82. The number of rotatable bonds is 4. The van der Waals surface area contributed by atoms with Crippen LogP contribution in [-0.4, -0.2) is 32.1 Å². The van der Waals surface area contributed by atoms with Crippen LogP contribution < -0.4 is 5.73 Å². The highest BCUT2D eigenvalue weighted by atomic mass is 16.2. The maximum Gasteiger partial charge on any atom is 0.259 e. The molecule has 19 heavy (non-hydrogen) atoms. The Morgan fingerprint density at radius 2 is 2.11 bits per heavy atom. The second-order valence-corrected chi connectivity index (χ2v) is 4.24. The van der Waals surface area contributed by atoms with Crippen LogP contribution >= 0.6 is 0 Å². The molecule has 1 amide bonds. The molecule has 100 valence electrons. The zero-order valence-corrected chi connectivity index (χ0v) is 11.1. The van der Waals surface area contributed by atoms with Crippen LogP contribution in [0, 0.1) is 0 Å². The lowest BCUT2D eigenvalue weighted by Gasteiger charge is -2.20. The summed E-state index contributed by atoms with van der Waals surface area (Å²) >= 11 is 0. The van der Waals surface area contributed by atoms with E-state index in [4.69, 9.17) is 5.73 Å². The second kappa shape index (κ2) is 5.51. The van der Waals surface area contributed by atoms with E-state index < -0.39 is 0 Å². The fourth-order valence-corrected chi connectivity index (χ4v) is 1.82. The van der Waals surface area contributed by atoms with Crippen LogP contribution in [0.5, 0.6) is 0 Å². The quantitative estimate of drug-likeness (QED) is 0.890. The highest BCUT2D eigenvalue weighted by molar-refractivity contribution is 5.98. The summed E-state index contributed by atoms with van der Waals surface area (Å²) in [6.07, 6.45) is 4.94. The number of amides is 1. The molecule has 0 saturated heterocycles. The van der Waals surface area contributed by atoms with E-state index in [-0.39, 0.29) is 5.91 Å². The lowest BCUT2D eigenvalue weighted by molar-refractivity contribution is 0.0753. The van der Waals surface area contributed by atoms with Gasteiger partial charge in [0, 0.05) is 32.5 Å². The van der Waals surface area contributed by atoms with Gasteiger partial charge in [0.25, 0.3) is 5.91 Å². The molecule has 0 radical (unpaired) electrons. The summed E-state index contributed by atoms with van der Waals surface area (Å²) in [7, 11) is 1.71. The zero-order valence-electron chi connectivity index (χ0n) is 11.1. The Balaban J connectivity index is 2.18. The molecule has 0 atom stereocenters. The smallest absolute Gasteiger partial charge is 0.259 e. The summed E-state index contributed by atoms with van der Waals surface area (Å²) in [5.41, 5.74) is 7.31. The third-order valence-electron chi connectivity index (χ3n) is 3.01.